The first-order valence-electron chi connectivity index (χ1n) is 3.64. The van der Waals surface area contributed by atoms with Gasteiger partial charge in [-0.3, -0.25) is 0 Å². The first-order chi connectivity index (χ1) is 6.02. The molecule has 0 aromatic heterocycles. The Labute approximate surface area is 87.0 Å². The molecule has 0 amide bonds. The van der Waals surface area contributed by atoms with Gasteiger partial charge >= 0.3 is 0 Å². The largest absolute Gasteiger partial charge is 0.205 e. The van der Waals surface area contributed by atoms with Gasteiger partial charge in [0.25, 0.3) is 0 Å². The van der Waals surface area contributed by atoms with Crippen LogP contribution in [0.3, 0.4) is 0 Å². The highest BCUT2D eigenvalue weighted by atomic mass is 35.5. The Morgan fingerprint density at radius 3 is 2.54 bits per heavy atom. The number of halogens is 3. The molecule has 0 fully saturated rings. The fourth-order valence-corrected chi connectivity index (χ4v) is 1.22. The van der Waals surface area contributed by atoms with Crippen LogP contribution in [0.1, 0.15) is 11.5 Å². The molecule has 0 saturated carbocycles. The van der Waals surface area contributed by atoms with E-state index in [0.717, 1.165) is 5.56 Å². The highest BCUT2D eigenvalue weighted by molar-refractivity contribution is 6.31. The molecule has 0 aliphatic rings. The Balaban J connectivity index is 3.03. The van der Waals surface area contributed by atoms with E-state index in [9.17, 15) is 4.39 Å². The summed E-state index contributed by atoms with van der Waals surface area (Å²) in [6, 6.07) is 4.38. The summed E-state index contributed by atoms with van der Waals surface area (Å²) in [5.41, 5.74) is 0.756. The van der Waals surface area contributed by atoms with Crippen LogP contribution in [-0.2, 0) is 0 Å². The van der Waals surface area contributed by atoms with E-state index < -0.39 is 5.82 Å². The van der Waals surface area contributed by atoms with Gasteiger partial charge in [-0.1, -0.05) is 35.8 Å². The van der Waals surface area contributed by atoms with Gasteiger partial charge < -0.3 is 0 Å². The van der Waals surface area contributed by atoms with Gasteiger partial charge in [0.15, 0.2) is 0 Å². The lowest BCUT2D eigenvalue weighted by atomic mass is 10.0. The first kappa shape index (κ1) is 10.6. The maximum atomic E-state index is 12.8. The lowest BCUT2D eigenvalue weighted by Gasteiger charge is -2.09. The summed E-state index contributed by atoms with van der Waals surface area (Å²) >= 11 is 11.2. The summed E-state index contributed by atoms with van der Waals surface area (Å²) in [6.07, 6.45) is 0. The monoisotopic (exact) mass is 217 g/mol. The molecular weight excluding hydrogens is 210 g/mol. The molecule has 0 bridgehead atoms. The quantitative estimate of drug-likeness (QED) is 0.699. The van der Waals surface area contributed by atoms with Crippen LogP contribution in [-0.4, -0.2) is 0 Å². The Morgan fingerprint density at radius 1 is 1.46 bits per heavy atom. The van der Waals surface area contributed by atoms with Gasteiger partial charge in [-0.05, 0) is 24.6 Å². The van der Waals surface area contributed by atoms with E-state index >= 15 is 0 Å². The second kappa shape index (κ2) is 4.12. The van der Waals surface area contributed by atoms with E-state index in [4.69, 9.17) is 23.2 Å². The minimum atomic E-state index is -0.446. The third-order valence-electron chi connectivity index (χ3n) is 1.72. The van der Waals surface area contributed by atoms with Crippen molar-refractivity contribution in [2.45, 2.75) is 5.92 Å². The van der Waals surface area contributed by atoms with Crippen LogP contribution >= 0.6 is 23.2 Å². The van der Waals surface area contributed by atoms with Crippen molar-refractivity contribution in [1.29, 1.82) is 0 Å². The van der Waals surface area contributed by atoms with Crippen molar-refractivity contribution in [3.63, 3.8) is 0 Å². The second-order valence-corrected chi connectivity index (χ2v) is 3.57. The molecule has 0 spiro atoms. The fraction of sp³-hybridized carbons (Fsp3) is 0.100. The standard InChI is InChI=1S/C10H8Cl2F/c1-6(7(2)11)8-3-4-10(13)9(12)5-8/h3-6H,1-2H2. The Kier molecular flexibility index (Phi) is 3.34. The van der Waals surface area contributed by atoms with Crippen LogP contribution in [0.5, 0.6) is 0 Å². The predicted molar refractivity (Wildman–Crippen MR) is 54.5 cm³/mol. The molecule has 3 heteroatoms. The molecule has 0 aliphatic carbocycles. The SMILES string of the molecule is [CH2]C(C(=C)Cl)c1ccc(F)c(Cl)c1. The molecule has 0 saturated heterocycles. The molecule has 1 radical (unpaired) electrons. The van der Waals surface area contributed by atoms with Crippen molar-refractivity contribution in [3.8, 4) is 0 Å². The lowest BCUT2D eigenvalue weighted by Crippen LogP contribution is -1.93. The zero-order chi connectivity index (χ0) is 10.0. The highest BCUT2D eigenvalue weighted by Gasteiger charge is 2.09. The number of allylic oxidation sites excluding steroid dienone is 1. The molecule has 1 aromatic carbocycles. The van der Waals surface area contributed by atoms with Crippen molar-refractivity contribution in [2.24, 2.45) is 0 Å². The second-order valence-electron chi connectivity index (χ2n) is 2.67. The van der Waals surface area contributed by atoms with E-state index in [1.54, 1.807) is 6.07 Å². The summed E-state index contributed by atoms with van der Waals surface area (Å²) in [5, 5.41) is 0.478. The molecule has 0 N–H and O–H groups in total. The topological polar surface area (TPSA) is 0 Å². The van der Waals surface area contributed by atoms with Gasteiger partial charge in [-0.2, -0.15) is 0 Å². The molecule has 1 unspecified atom stereocenters. The van der Waals surface area contributed by atoms with E-state index in [1.165, 1.54) is 12.1 Å². The normalized spacial score (nSPS) is 12.6. The van der Waals surface area contributed by atoms with Crippen molar-refractivity contribution in [1.82, 2.24) is 0 Å². The van der Waals surface area contributed by atoms with Crippen LogP contribution in [0.2, 0.25) is 5.02 Å². The number of hydrogen-bond donors (Lipinski definition) is 0. The van der Waals surface area contributed by atoms with Gasteiger partial charge in [-0.25, -0.2) is 4.39 Å². The smallest absolute Gasteiger partial charge is 0.141 e. The third-order valence-corrected chi connectivity index (χ3v) is 2.28. The van der Waals surface area contributed by atoms with Gasteiger partial charge in [0.2, 0.25) is 0 Å². The molecular formula is C10H8Cl2F. The zero-order valence-electron chi connectivity index (χ0n) is 6.86. The predicted octanol–water partition coefficient (Wildman–Crippen LogP) is 4.15. The van der Waals surface area contributed by atoms with Gasteiger partial charge in [0.05, 0.1) is 5.02 Å². The molecule has 1 atom stereocenters. The molecule has 0 heterocycles. The molecule has 0 aliphatic heterocycles. The van der Waals surface area contributed by atoms with E-state index in [2.05, 4.69) is 13.5 Å². The van der Waals surface area contributed by atoms with Gasteiger partial charge in [0.1, 0.15) is 5.82 Å². The maximum absolute atomic E-state index is 12.8. The van der Waals surface area contributed by atoms with Crippen LogP contribution in [0.15, 0.2) is 29.8 Å². The summed E-state index contributed by atoms with van der Waals surface area (Å²) in [7, 11) is 0. The van der Waals surface area contributed by atoms with Crippen molar-refractivity contribution >= 4 is 23.2 Å². The van der Waals surface area contributed by atoms with Gasteiger partial charge in [-0.15, -0.1) is 0 Å². The van der Waals surface area contributed by atoms with Crippen molar-refractivity contribution in [3.05, 3.63) is 53.1 Å². The molecule has 1 aromatic rings. The van der Waals surface area contributed by atoms with Crippen LogP contribution in [0.25, 0.3) is 0 Å². The van der Waals surface area contributed by atoms with E-state index in [-0.39, 0.29) is 10.9 Å². The Morgan fingerprint density at radius 2 is 2.08 bits per heavy atom. The highest BCUT2D eigenvalue weighted by Crippen LogP contribution is 2.27. The van der Waals surface area contributed by atoms with Crippen LogP contribution in [0, 0.1) is 12.7 Å². The molecule has 69 valence electrons. The van der Waals surface area contributed by atoms with E-state index in [0.29, 0.717) is 5.03 Å². The van der Waals surface area contributed by atoms with Gasteiger partial charge in [0, 0.05) is 11.0 Å². The van der Waals surface area contributed by atoms with Crippen LogP contribution in [0.4, 0.5) is 4.39 Å². The Hall–Kier alpha value is -0.530. The van der Waals surface area contributed by atoms with Crippen molar-refractivity contribution < 1.29 is 4.39 Å². The minimum Gasteiger partial charge on any atom is -0.205 e. The minimum absolute atomic E-state index is 0.0732. The molecule has 13 heavy (non-hydrogen) atoms. The zero-order valence-corrected chi connectivity index (χ0v) is 8.37. The fourth-order valence-electron chi connectivity index (χ4n) is 0.910. The maximum Gasteiger partial charge on any atom is 0.141 e. The van der Waals surface area contributed by atoms with E-state index in [1.807, 2.05) is 0 Å². The first-order valence-corrected chi connectivity index (χ1v) is 4.40. The van der Waals surface area contributed by atoms with Crippen molar-refractivity contribution in [2.75, 3.05) is 0 Å². The average molecular weight is 218 g/mol. The lowest BCUT2D eigenvalue weighted by molar-refractivity contribution is 0.627. The number of hydrogen-bond acceptors (Lipinski definition) is 0. The van der Waals surface area contributed by atoms with Crippen LogP contribution < -0.4 is 0 Å². The molecule has 1 rings (SSSR count). The average Bonchev–Trinajstić information content (AvgIpc) is 2.08. The third kappa shape index (κ3) is 2.45. The molecule has 0 nitrogen and oxygen atoms in total. The summed E-state index contributed by atoms with van der Waals surface area (Å²) in [4.78, 5) is 0. The Bertz CT molecular complexity index is 334. The summed E-state index contributed by atoms with van der Waals surface area (Å²) in [6.45, 7) is 7.32. The summed E-state index contributed by atoms with van der Waals surface area (Å²) < 4.78 is 12.8. The number of benzene rings is 1. The number of rotatable bonds is 2. The summed E-state index contributed by atoms with van der Waals surface area (Å²) in [5.74, 6) is -0.711.